The Balaban J connectivity index is 2.10. The van der Waals surface area contributed by atoms with Crippen molar-refractivity contribution in [3.63, 3.8) is 0 Å². The monoisotopic (exact) mass is 389 g/mol. The highest BCUT2D eigenvalue weighted by Crippen LogP contribution is 2.30. The van der Waals surface area contributed by atoms with Crippen molar-refractivity contribution in [2.75, 3.05) is 21.3 Å². The van der Waals surface area contributed by atoms with Crippen molar-refractivity contribution in [3.05, 3.63) is 48.2 Å². The molecule has 0 spiro atoms. The van der Waals surface area contributed by atoms with Crippen LogP contribution in [0.25, 0.3) is 5.69 Å². The molecule has 0 aliphatic heterocycles. The van der Waals surface area contributed by atoms with Crippen LogP contribution in [-0.4, -0.2) is 44.7 Å². The number of nitrogens with zero attached hydrogens (tertiary/aromatic N) is 3. The number of methoxy groups -OCH3 is 3. The van der Waals surface area contributed by atoms with Gasteiger partial charge in [-0.3, -0.25) is 0 Å². The number of hydrogen-bond donors (Lipinski definition) is 0. The molecule has 27 heavy (non-hydrogen) atoms. The van der Waals surface area contributed by atoms with Gasteiger partial charge in [0.2, 0.25) is 14.9 Å². The van der Waals surface area contributed by atoms with Crippen LogP contribution in [0.15, 0.2) is 52.4 Å². The summed E-state index contributed by atoms with van der Waals surface area (Å²) in [6.45, 7) is 1.63. The predicted octanol–water partition coefficient (Wildman–Crippen LogP) is 2.43. The van der Waals surface area contributed by atoms with E-state index in [2.05, 4.69) is 10.3 Å². The third-order valence-corrected chi connectivity index (χ3v) is 5.87. The van der Waals surface area contributed by atoms with Crippen LogP contribution >= 0.6 is 0 Å². The van der Waals surface area contributed by atoms with E-state index >= 15 is 0 Å². The molecule has 0 radical (unpaired) electrons. The maximum Gasteiger partial charge on any atom is 0.227 e. The van der Waals surface area contributed by atoms with Crippen LogP contribution in [0.1, 0.15) is 5.69 Å². The minimum Gasteiger partial charge on any atom is -0.497 e. The maximum absolute atomic E-state index is 13.0. The lowest BCUT2D eigenvalue weighted by Gasteiger charge is -2.11. The maximum atomic E-state index is 13.0. The molecule has 1 aromatic heterocycles. The number of ether oxygens (including phenoxy) is 3. The van der Waals surface area contributed by atoms with Gasteiger partial charge in [0, 0.05) is 6.07 Å². The first-order chi connectivity index (χ1) is 12.9. The van der Waals surface area contributed by atoms with E-state index in [9.17, 15) is 8.42 Å². The number of hydrogen-bond acceptors (Lipinski definition) is 7. The van der Waals surface area contributed by atoms with Crippen molar-refractivity contribution in [3.8, 4) is 22.9 Å². The van der Waals surface area contributed by atoms with Gasteiger partial charge in [0.15, 0.2) is 0 Å². The third-order valence-electron chi connectivity index (χ3n) is 4.09. The zero-order valence-corrected chi connectivity index (χ0v) is 16.1. The molecule has 1 heterocycles. The lowest BCUT2D eigenvalue weighted by molar-refractivity contribution is 0.400. The summed E-state index contributed by atoms with van der Waals surface area (Å²) in [4.78, 5) is 0.107. The summed E-state index contributed by atoms with van der Waals surface area (Å²) in [5, 5.41) is 7.81. The Kier molecular flexibility index (Phi) is 5.04. The van der Waals surface area contributed by atoms with Gasteiger partial charge >= 0.3 is 0 Å². The molecule has 2 aromatic carbocycles. The summed E-state index contributed by atoms with van der Waals surface area (Å²) in [7, 11) is 0.737. The summed E-state index contributed by atoms with van der Waals surface area (Å²) in [5.74, 6) is 1.66. The molecule has 0 amide bonds. The average molecular weight is 389 g/mol. The molecule has 3 aromatic rings. The van der Waals surface area contributed by atoms with Gasteiger partial charge in [-0.15, -0.1) is 5.10 Å². The topological polar surface area (TPSA) is 92.5 Å². The van der Waals surface area contributed by atoms with E-state index in [1.165, 1.54) is 31.0 Å². The quantitative estimate of drug-likeness (QED) is 0.639. The van der Waals surface area contributed by atoms with E-state index in [-0.39, 0.29) is 9.92 Å². The minimum absolute atomic E-state index is 0.107. The molecule has 0 atom stereocenters. The van der Waals surface area contributed by atoms with Gasteiger partial charge in [-0.1, -0.05) is 5.21 Å². The molecular weight excluding hydrogens is 370 g/mol. The highest BCUT2D eigenvalue weighted by molar-refractivity contribution is 7.91. The van der Waals surface area contributed by atoms with Gasteiger partial charge < -0.3 is 14.2 Å². The van der Waals surface area contributed by atoms with E-state index in [0.29, 0.717) is 28.6 Å². The van der Waals surface area contributed by atoms with Crippen LogP contribution < -0.4 is 14.2 Å². The van der Waals surface area contributed by atoms with Crippen LogP contribution in [0.2, 0.25) is 0 Å². The Bertz CT molecular complexity index is 1060. The molecule has 0 aliphatic carbocycles. The Labute approximate surface area is 157 Å². The van der Waals surface area contributed by atoms with Crippen LogP contribution in [0.5, 0.6) is 17.2 Å². The standard InChI is InChI=1S/C18H19N3O5S/c1-12-18(27(22,23)15-8-5-13(24-2)6-9-15)19-20-21(12)16-11-14(25-3)7-10-17(16)26-4/h5-11H,1-4H3. The predicted molar refractivity (Wildman–Crippen MR) is 97.6 cm³/mol. The lowest BCUT2D eigenvalue weighted by Crippen LogP contribution is -2.06. The molecule has 8 nitrogen and oxygen atoms in total. The van der Waals surface area contributed by atoms with Crippen molar-refractivity contribution in [2.24, 2.45) is 0 Å². The smallest absolute Gasteiger partial charge is 0.227 e. The number of sulfone groups is 1. The van der Waals surface area contributed by atoms with E-state index < -0.39 is 9.84 Å². The molecule has 0 N–H and O–H groups in total. The molecule has 0 unspecified atom stereocenters. The summed E-state index contributed by atoms with van der Waals surface area (Å²) in [6, 6.07) is 11.3. The van der Waals surface area contributed by atoms with Gasteiger partial charge in [0.1, 0.15) is 22.9 Å². The summed E-state index contributed by atoms with van der Waals surface area (Å²) in [5.41, 5.74) is 0.885. The van der Waals surface area contributed by atoms with Crippen LogP contribution in [0.3, 0.4) is 0 Å². The molecule has 0 saturated carbocycles. The zero-order valence-electron chi connectivity index (χ0n) is 15.3. The van der Waals surface area contributed by atoms with Crippen LogP contribution in [0, 0.1) is 6.92 Å². The second kappa shape index (κ2) is 7.28. The summed E-state index contributed by atoms with van der Waals surface area (Å²) < 4.78 is 43.0. The van der Waals surface area contributed by atoms with Crippen LogP contribution in [-0.2, 0) is 9.84 Å². The second-order valence-electron chi connectivity index (χ2n) is 5.61. The van der Waals surface area contributed by atoms with Gasteiger partial charge in [-0.25, -0.2) is 13.1 Å². The molecule has 0 fully saturated rings. The second-order valence-corrected chi connectivity index (χ2v) is 7.47. The number of rotatable bonds is 6. The van der Waals surface area contributed by atoms with Gasteiger partial charge in [-0.2, -0.15) is 0 Å². The third kappa shape index (κ3) is 3.33. The zero-order chi connectivity index (χ0) is 19.6. The molecule has 0 aliphatic rings. The van der Waals surface area contributed by atoms with E-state index in [1.807, 2.05) is 0 Å². The fourth-order valence-electron chi connectivity index (χ4n) is 2.62. The Morgan fingerprint density at radius 2 is 1.52 bits per heavy atom. The van der Waals surface area contributed by atoms with Crippen molar-refractivity contribution >= 4 is 9.84 Å². The van der Waals surface area contributed by atoms with Gasteiger partial charge in [0.25, 0.3) is 0 Å². The van der Waals surface area contributed by atoms with Crippen LogP contribution in [0.4, 0.5) is 0 Å². The highest BCUT2D eigenvalue weighted by Gasteiger charge is 2.26. The molecule has 0 saturated heterocycles. The summed E-state index contributed by atoms with van der Waals surface area (Å²) >= 11 is 0. The number of aromatic nitrogens is 3. The Morgan fingerprint density at radius 1 is 0.889 bits per heavy atom. The van der Waals surface area contributed by atoms with Crippen molar-refractivity contribution in [2.45, 2.75) is 16.8 Å². The fraction of sp³-hybridized carbons (Fsp3) is 0.222. The van der Waals surface area contributed by atoms with Crippen molar-refractivity contribution in [1.29, 1.82) is 0 Å². The lowest BCUT2D eigenvalue weighted by atomic mass is 10.2. The largest absolute Gasteiger partial charge is 0.497 e. The van der Waals surface area contributed by atoms with E-state index in [4.69, 9.17) is 14.2 Å². The number of benzene rings is 2. The first-order valence-corrected chi connectivity index (χ1v) is 9.44. The van der Waals surface area contributed by atoms with Crippen molar-refractivity contribution in [1.82, 2.24) is 15.0 Å². The van der Waals surface area contributed by atoms with E-state index in [0.717, 1.165) is 0 Å². The molecule has 0 bridgehead atoms. The molecule has 9 heteroatoms. The minimum atomic E-state index is -3.84. The fourth-order valence-corrected chi connectivity index (χ4v) is 3.96. The normalized spacial score (nSPS) is 11.3. The summed E-state index contributed by atoms with van der Waals surface area (Å²) in [6.07, 6.45) is 0. The molecule has 142 valence electrons. The highest BCUT2D eigenvalue weighted by atomic mass is 32.2. The molecular formula is C18H19N3O5S. The molecule has 3 rings (SSSR count). The van der Waals surface area contributed by atoms with Crippen molar-refractivity contribution < 1.29 is 22.6 Å². The first-order valence-electron chi connectivity index (χ1n) is 7.96. The average Bonchev–Trinajstić information content (AvgIpc) is 3.09. The SMILES string of the molecule is COc1ccc(S(=O)(=O)c2nnn(-c3cc(OC)ccc3OC)c2C)cc1. The Morgan fingerprint density at radius 3 is 2.11 bits per heavy atom. The van der Waals surface area contributed by atoms with Gasteiger partial charge in [0.05, 0.1) is 31.9 Å². The van der Waals surface area contributed by atoms with Gasteiger partial charge in [-0.05, 0) is 43.3 Å². The Hall–Kier alpha value is -3.07. The first kappa shape index (κ1) is 18.7. The van der Waals surface area contributed by atoms with E-state index in [1.54, 1.807) is 44.4 Å².